The highest BCUT2D eigenvalue weighted by molar-refractivity contribution is 5.92. The normalized spacial score (nSPS) is 18.0. The Kier molecular flexibility index (Phi) is 6.81. The molecule has 0 saturated carbocycles. The number of hydrogen-bond acceptors (Lipinski definition) is 4. The molecule has 1 aromatic heterocycles. The Bertz CT molecular complexity index is 482. The predicted molar refractivity (Wildman–Crippen MR) is 93.8 cm³/mol. The minimum Gasteiger partial charge on any atom is -0.355 e. The van der Waals surface area contributed by atoms with Crippen LogP contribution < -0.4 is 4.90 Å². The van der Waals surface area contributed by atoms with Gasteiger partial charge in [0.05, 0.1) is 0 Å². The average Bonchev–Trinajstić information content (AvgIpc) is 2.61. The standard InChI is InChI=1S/C18H30N4O/c1-4-12-21(13-5-2)17-11-10-16(19-20-17)18(23)22-14-8-7-9-15(22)6-3/h10-11,15H,4-9,12-14H2,1-3H3. The lowest BCUT2D eigenvalue weighted by atomic mass is 9.99. The fourth-order valence-electron chi connectivity index (χ4n) is 3.33. The number of aromatic nitrogens is 2. The van der Waals surface area contributed by atoms with Crippen LogP contribution in [0, 0.1) is 0 Å². The van der Waals surface area contributed by atoms with Crippen LogP contribution in [0.4, 0.5) is 5.82 Å². The first-order valence-corrected chi connectivity index (χ1v) is 9.10. The van der Waals surface area contributed by atoms with E-state index in [0.717, 1.165) is 57.6 Å². The van der Waals surface area contributed by atoms with Crippen LogP contribution in [-0.2, 0) is 0 Å². The summed E-state index contributed by atoms with van der Waals surface area (Å²) in [6.07, 6.45) is 6.58. The lowest BCUT2D eigenvalue weighted by Gasteiger charge is -2.35. The van der Waals surface area contributed by atoms with Crippen molar-refractivity contribution in [3.05, 3.63) is 17.8 Å². The molecular weight excluding hydrogens is 288 g/mol. The van der Waals surface area contributed by atoms with E-state index in [2.05, 4.69) is 35.9 Å². The second-order valence-corrected chi connectivity index (χ2v) is 6.32. The predicted octanol–water partition coefficient (Wildman–Crippen LogP) is 3.51. The first-order valence-electron chi connectivity index (χ1n) is 9.10. The number of carbonyl (C=O) groups is 1. The summed E-state index contributed by atoms with van der Waals surface area (Å²) in [6.45, 7) is 9.27. The summed E-state index contributed by atoms with van der Waals surface area (Å²) in [4.78, 5) is 16.9. The van der Waals surface area contributed by atoms with E-state index >= 15 is 0 Å². The molecule has 1 atom stereocenters. The lowest BCUT2D eigenvalue weighted by Crippen LogP contribution is -2.43. The summed E-state index contributed by atoms with van der Waals surface area (Å²) < 4.78 is 0. The molecule has 0 aromatic carbocycles. The Hall–Kier alpha value is -1.65. The van der Waals surface area contributed by atoms with Gasteiger partial charge in [-0.1, -0.05) is 20.8 Å². The van der Waals surface area contributed by atoms with Gasteiger partial charge >= 0.3 is 0 Å². The molecule has 128 valence electrons. The third-order valence-electron chi connectivity index (χ3n) is 4.54. The smallest absolute Gasteiger partial charge is 0.274 e. The summed E-state index contributed by atoms with van der Waals surface area (Å²) in [7, 11) is 0. The van der Waals surface area contributed by atoms with Gasteiger partial charge in [0.2, 0.25) is 0 Å². The number of carbonyl (C=O) groups excluding carboxylic acids is 1. The number of nitrogens with zero attached hydrogens (tertiary/aromatic N) is 4. The molecule has 1 saturated heterocycles. The maximum atomic E-state index is 12.7. The van der Waals surface area contributed by atoms with E-state index in [9.17, 15) is 4.79 Å². The van der Waals surface area contributed by atoms with Crippen LogP contribution in [0.3, 0.4) is 0 Å². The van der Waals surface area contributed by atoms with E-state index in [1.165, 1.54) is 6.42 Å². The van der Waals surface area contributed by atoms with Gasteiger partial charge in [-0.15, -0.1) is 10.2 Å². The fraction of sp³-hybridized carbons (Fsp3) is 0.722. The van der Waals surface area contributed by atoms with Crippen molar-refractivity contribution in [1.82, 2.24) is 15.1 Å². The van der Waals surface area contributed by atoms with Gasteiger partial charge in [0.15, 0.2) is 11.5 Å². The van der Waals surface area contributed by atoms with Gasteiger partial charge in [-0.2, -0.15) is 0 Å². The summed E-state index contributed by atoms with van der Waals surface area (Å²) in [5.74, 6) is 0.907. The Morgan fingerprint density at radius 3 is 2.48 bits per heavy atom. The van der Waals surface area contributed by atoms with Crippen molar-refractivity contribution < 1.29 is 4.79 Å². The molecular formula is C18H30N4O. The molecule has 1 amide bonds. The zero-order chi connectivity index (χ0) is 16.7. The van der Waals surface area contributed by atoms with E-state index in [4.69, 9.17) is 0 Å². The van der Waals surface area contributed by atoms with Crippen LogP contribution >= 0.6 is 0 Å². The SMILES string of the molecule is CCCN(CCC)c1ccc(C(=O)N2CCCCC2CC)nn1. The summed E-state index contributed by atoms with van der Waals surface area (Å²) in [5.41, 5.74) is 0.474. The molecule has 5 heteroatoms. The van der Waals surface area contributed by atoms with E-state index in [-0.39, 0.29) is 5.91 Å². The molecule has 1 aliphatic rings. The van der Waals surface area contributed by atoms with Crippen molar-refractivity contribution in [3.63, 3.8) is 0 Å². The van der Waals surface area contributed by atoms with Gasteiger partial charge < -0.3 is 9.80 Å². The van der Waals surface area contributed by atoms with E-state index < -0.39 is 0 Å². The molecule has 2 rings (SSSR count). The van der Waals surface area contributed by atoms with Crippen molar-refractivity contribution in [1.29, 1.82) is 0 Å². The van der Waals surface area contributed by atoms with E-state index in [1.54, 1.807) is 0 Å². The number of likely N-dealkylation sites (tertiary alicyclic amines) is 1. The molecule has 0 aliphatic carbocycles. The largest absolute Gasteiger partial charge is 0.355 e. The van der Waals surface area contributed by atoms with Crippen LogP contribution in [0.5, 0.6) is 0 Å². The van der Waals surface area contributed by atoms with Crippen LogP contribution in [0.2, 0.25) is 0 Å². The van der Waals surface area contributed by atoms with Gasteiger partial charge in [0.1, 0.15) is 0 Å². The molecule has 2 heterocycles. The molecule has 23 heavy (non-hydrogen) atoms. The summed E-state index contributed by atoms with van der Waals surface area (Å²) in [5, 5.41) is 8.54. The Morgan fingerprint density at radius 1 is 1.17 bits per heavy atom. The molecule has 1 aliphatic heterocycles. The monoisotopic (exact) mass is 318 g/mol. The van der Waals surface area contributed by atoms with E-state index in [1.807, 2.05) is 17.0 Å². The Balaban J connectivity index is 2.09. The summed E-state index contributed by atoms with van der Waals surface area (Å²) in [6, 6.07) is 4.13. The third-order valence-corrected chi connectivity index (χ3v) is 4.54. The van der Waals surface area contributed by atoms with E-state index in [0.29, 0.717) is 11.7 Å². The third kappa shape index (κ3) is 4.43. The molecule has 0 radical (unpaired) electrons. The van der Waals surface area contributed by atoms with Crippen LogP contribution in [-0.4, -0.2) is 46.7 Å². The average molecular weight is 318 g/mol. The topological polar surface area (TPSA) is 49.3 Å². The van der Waals surface area contributed by atoms with Gasteiger partial charge in [-0.3, -0.25) is 4.79 Å². The first-order chi connectivity index (χ1) is 11.2. The molecule has 0 bridgehead atoms. The molecule has 1 fully saturated rings. The number of amides is 1. The maximum absolute atomic E-state index is 12.7. The number of anilines is 1. The zero-order valence-corrected chi connectivity index (χ0v) is 14.8. The molecule has 5 nitrogen and oxygen atoms in total. The van der Waals surface area contributed by atoms with Crippen molar-refractivity contribution in [2.24, 2.45) is 0 Å². The van der Waals surface area contributed by atoms with Crippen molar-refractivity contribution in [2.45, 2.75) is 65.3 Å². The van der Waals surface area contributed by atoms with Crippen molar-refractivity contribution in [2.75, 3.05) is 24.5 Å². The second-order valence-electron chi connectivity index (χ2n) is 6.32. The van der Waals surface area contributed by atoms with Crippen LogP contribution in [0.15, 0.2) is 12.1 Å². The highest BCUT2D eigenvalue weighted by Crippen LogP contribution is 2.21. The minimum atomic E-state index is 0.0353. The fourth-order valence-corrected chi connectivity index (χ4v) is 3.33. The van der Waals surface area contributed by atoms with Crippen molar-refractivity contribution in [3.8, 4) is 0 Å². The Morgan fingerprint density at radius 2 is 1.91 bits per heavy atom. The second kappa shape index (κ2) is 8.85. The molecule has 0 N–H and O–H groups in total. The van der Waals surface area contributed by atoms with Gasteiger partial charge in [-0.05, 0) is 50.7 Å². The Labute approximate surface area is 140 Å². The van der Waals surface area contributed by atoms with Crippen LogP contribution in [0.1, 0.15) is 69.8 Å². The lowest BCUT2D eigenvalue weighted by molar-refractivity contribution is 0.0600. The zero-order valence-electron chi connectivity index (χ0n) is 14.8. The van der Waals surface area contributed by atoms with Crippen molar-refractivity contribution >= 4 is 11.7 Å². The quantitative estimate of drug-likeness (QED) is 0.772. The van der Waals surface area contributed by atoms with Crippen LogP contribution in [0.25, 0.3) is 0 Å². The highest BCUT2D eigenvalue weighted by atomic mass is 16.2. The molecule has 1 aromatic rings. The highest BCUT2D eigenvalue weighted by Gasteiger charge is 2.27. The van der Waals surface area contributed by atoms with Gasteiger partial charge in [-0.25, -0.2) is 0 Å². The first kappa shape index (κ1) is 17.7. The van der Waals surface area contributed by atoms with Gasteiger partial charge in [0, 0.05) is 25.7 Å². The van der Waals surface area contributed by atoms with Gasteiger partial charge in [0.25, 0.3) is 5.91 Å². The summed E-state index contributed by atoms with van der Waals surface area (Å²) >= 11 is 0. The minimum absolute atomic E-state index is 0.0353. The number of piperidine rings is 1. The maximum Gasteiger partial charge on any atom is 0.274 e. The number of hydrogen-bond donors (Lipinski definition) is 0. The molecule has 1 unspecified atom stereocenters. The molecule has 0 spiro atoms. The number of rotatable bonds is 7.